The molecule has 0 fully saturated rings. The van der Waals surface area contributed by atoms with E-state index in [2.05, 4.69) is 28.3 Å². The molecule has 3 N–H and O–H groups in total. The maximum atomic E-state index is 6.07. The van der Waals surface area contributed by atoms with Crippen LogP contribution in [0, 0.1) is 0 Å². The van der Waals surface area contributed by atoms with Gasteiger partial charge in [0.1, 0.15) is 5.75 Å². The zero-order valence-corrected chi connectivity index (χ0v) is 15.9. The summed E-state index contributed by atoms with van der Waals surface area (Å²) in [7, 11) is 3.69. The molecule has 1 aromatic carbocycles. The van der Waals surface area contributed by atoms with E-state index in [4.69, 9.17) is 22.1 Å². The van der Waals surface area contributed by atoms with E-state index >= 15 is 0 Å². The van der Waals surface area contributed by atoms with Gasteiger partial charge in [-0.15, -0.1) is 24.0 Å². The quantitative estimate of drug-likeness (QED) is 0.330. The minimum atomic E-state index is 0. The molecule has 0 aliphatic carbocycles. The summed E-state index contributed by atoms with van der Waals surface area (Å²) in [4.78, 5) is 6.63. The van der Waals surface area contributed by atoms with Gasteiger partial charge < -0.3 is 20.7 Å². The number of nitrogens with zero attached hydrogens (tertiary/aromatic N) is 2. The standard InChI is InChI=1S/C15H21ClN4O.HI/c1-20-7-5-11(6-8-20)10-18-15(17)19-12-3-4-14(21-2)13(16)9-12;/h3-5,9H,6-8,10H2,1-2H3,(H3,17,18,19);1H. The lowest BCUT2D eigenvalue weighted by atomic mass is 10.1. The van der Waals surface area contributed by atoms with Crippen molar-refractivity contribution in [1.29, 1.82) is 0 Å². The monoisotopic (exact) mass is 436 g/mol. The summed E-state index contributed by atoms with van der Waals surface area (Å²) in [5.41, 5.74) is 8.01. The Balaban J connectivity index is 0.00000242. The van der Waals surface area contributed by atoms with Crippen LogP contribution in [0.25, 0.3) is 0 Å². The Kier molecular flexibility index (Phi) is 7.98. The average Bonchev–Trinajstić information content (AvgIpc) is 2.47. The first-order chi connectivity index (χ1) is 10.1. The summed E-state index contributed by atoms with van der Waals surface area (Å²) in [6.45, 7) is 2.69. The maximum absolute atomic E-state index is 6.07. The van der Waals surface area contributed by atoms with Crippen LogP contribution in [0.5, 0.6) is 5.75 Å². The van der Waals surface area contributed by atoms with Crippen molar-refractivity contribution in [2.24, 2.45) is 10.7 Å². The second-order valence-electron chi connectivity index (χ2n) is 5.05. The smallest absolute Gasteiger partial charge is 0.193 e. The summed E-state index contributed by atoms with van der Waals surface area (Å²) < 4.78 is 5.11. The molecule has 22 heavy (non-hydrogen) atoms. The van der Waals surface area contributed by atoms with Gasteiger partial charge in [0.05, 0.1) is 18.7 Å². The molecule has 5 nitrogen and oxygen atoms in total. The lowest BCUT2D eigenvalue weighted by molar-refractivity contribution is 0.358. The molecule has 1 aliphatic rings. The second kappa shape index (κ2) is 9.22. The largest absolute Gasteiger partial charge is 0.495 e. The molecule has 122 valence electrons. The molecule has 0 atom stereocenters. The van der Waals surface area contributed by atoms with Crippen molar-refractivity contribution in [3.8, 4) is 5.75 Å². The van der Waals surface area contributed by atoms with Gasteiger partial charge in [-0.3, -0.25) is 0 Å². The van der Waals surface area contributed by atoms with Crippen LogP contribution in [0.2, 0.25) is 5.02 Å². The van der Waals surface area contributed by atoms with Gasteiger partial charge in [0.25, 0.3) is 0 Å². The number of anilines is 1. The summed E-state index contributed by atoms with van der Waals surface area (Å²) in [5, 5.41) is 3.57. The van der Waals surface area contributed by atoms with Crippen molar-refractivity contribution < 1.29 is 4.74 Å². The number of rotatable bonds is 4. The Bertz CT molecular complexity index is 562. The number of hydrogen-bond acceptors (Lipinski definition) is 3. The number of nitrogens with one attached hydrogen (secondary N) is 1. The minimum Gasteiger partial charge on any atom is -0.495 e. The van der Waals surface area contributed by atoms with E-state index in [-0.39, 0.29) is 24.0 Å². The fraction of sp³-hybridized carbons (Fsp3) is 0.400. The van der Waals surface area contributed by atoms with Gasteiger partial charge >= 0.3 is 0 Å². The summed E-state index contributed by atoms with van der Waals surface area (Å²) in [6, 6.07) is 5.40. The first-order valence-electron chi connectivity index (χ1n) is 6.85. The van der Waals surface area contributed by atoms with Crippen molar-refractivity contribution in [1.82, 2.24) is 4.90 Å². The molecule has 0 saturated heterocycles. The summed E-state index contributed by atoms with van der Waals surface area (Å²) in [5.74, 6) is 1.02. The van der Waals surface area contributed by atoms with E-state index in [1.807, 2.05) is 6.07 Å². The van der Waals surface area contributed by atoms with E-state index in [9.17, 15) is 0 Å². The minimum absolute atomic E-state index is 0. The van der Waals surface area contributed by atoms with E-state index < -0.39 is 0 Å². The molecule has 0 amide bonds. The Morgan fingerprint density at radius 3 is 2.86 bits per heavy atom. The SMILES string of the molecule is COc1ccc(NC(N)=NCC2=CCN(C)CC2)cc1Cl.I. The van der Waals surface area contributed by atoms with Gasteiger partial charge in [0.15, 0.2) is 5.96 Å². The molecule has 2 rings (SSSR count). The van der Waals surface area contributed by atoms with Crippen LogP contribution in [-0.4, -0.2) is 44.7 Å². The van der Waals surface area contributed by atoms with Gasteiger partial charge in [0, 0.05) is 18.8 Å². The van der Waals surface area contributed by atoms with Gasteiger partial charge in [0.2, 0.25) is 0 Å². The lowest BCUT2D eigenvalue weighted by Gasteiger charge is -2.21. The van der Waals surface area contributed by atoms with E-state index in [0.717, 1.165) is 25.2 Å². The number of ether oxygens (including phenoxy) is 1. The predicted octanol–water partition coefficient (Wildman–Crippen LogP) is 2.96. The molecular formula is C15H22ClIN4O. The third-order valence-corrected chi connectivity index (χ3v) is 3.68. The molecule has 1 aliphatic heterocycles. The highest BCUT2D eigenvalue weighted by Gasteiger charge is 2.07. The van der Waals surface area contributed by atoms with Crippen LogP contribution in [0.15, 0.2) is 34.8 Å². The summed E-state index contributed by atoms with van der Waals surface area (Å²) in [6.07, 6.45) is 3.26. The first-order valence-corrected chi connectivity index (χ1v) is 7.23. The molecule has 0 unspecified atom stereocenters. The Hall–Kier alpha value is -0.990. The lowest BCUT2D eigenvalue weighted by Crippen LogP contribution is -2.26. The predicted molar refractivity (Wildman–Crippen MR) is 104 cm³/mol. The molecule has 0 saturated carbocycles. The van der Waals surface area contributed by atoms with Crippen molar-refractivity contribution in [2.45, 2.75) is 6.42 Å². The third-order valence-electron chi connectivity index (χ3n) is 3.38. The number of halogens is 2. The topological polar surface area (TPSA) is 62.9 Å². The number of benzene rings is 1. The fourth-order valence-corrected chi connectivity index (χ4v) is 2.33. The molecule has 0 aromatic heterocycles. The number of methoxy groups -OCH3 is 1. The Morgan fingerprint density at radius 2 is 2.27 bits per heavy atom. The summed E-state index contributed by atoms with van der Waals surface area (Å²) >= 11 is 6.07. The van der Waals surface area contributed by atoms with Crippen LogP contribution < -0.4 is 15.8 Å². The van der Waals surface area contributed by atoms with E-state index in [0.29, 0.717) is 23.3 Å². The van der Waals surface area contributed by atoms with Crippen molar-refractivity contribution in [3.05, 3.63) is 34.9 Å². The molecule has 1 aromatic rings. The zero-order chi connectivity index (χ0) is 15.2. The highest BCUT2D eigenvalue weighted by Crippen LogP contribution is 2.27. The number of guanidine groups is 1. The number of aliphatic imine (C=N–C) groups is 1. The average molecular weight is 437 g/mol. The third kappa shape index (κ3) is 5.66. The van der Waals surface area contributed by atoms with Gasteiger partial charge in [-0.1, -0.05) is 23.3 Å². The van der Waals surface area contributed by atoms with Crippen LogP contribution >= 0.6 is 35.6 Å². The van der Waals surface area contributed by atoms with Gasteiger partial charge in [-0.25, -0.2) is 4.99 Å². The van der Waals surface area contributed by atoms with Crippen LogP contribution in [-0.2, 0) is 0 Å². The first kappa shape index (κ1) is 19.1. The number of likely N-dealkylation sites (N-methyl/N-ethyl adjacent to an activating group) is 1. The highest BCUT2D eigenvalue weighted by atomic mass is 127. The molecular weight excluding hydrogens is 415 g/mol. The van der Waals surface area contributed by atoms with E-state index in [1.54, 1.807) is 19.2 Å². The zero-order valence-electron chi connectivity index (χ0n) is 12.8. The fourth-order valence-electron chi connectivity index (χ4n) is 2.07. The van der Waals surface area contributed by atoms with Crippen molar-refractivity contribution >= 4 is 47.2 Å². The van der Waals surface area contributed by atoms with Crippen molar-refractivity contribution in [3.63, 3.8) is 0 Å². The second-order valence-corrected chi connectivity index (χ2v) is 5.46. The molecule has 0 spiro atoms. The number of nitrogens with two attached hydrogens (primary N) is 1. The maximum Gasteiger partial charge on any atom is 0.193 e. The van der Waals surface area contributed by atoms with Crippen LogP contribution in [0.4, 0.5) is 5.69 Å². The molecule has 1 heterocycles. The van der Waals surface area contributed by atoms with Crippen molar-refractivity contribution in [2.75, 3.05) is 39.1 Å². The Morgan fingerprint density at radius 1 is 1.50 bits per heavy atom. The van der Waals surface area contributed by atoms with Gasteiger partial charge in [-0.2, -0.15) is 0 Å². The highest BCUT2D eigenvalue weighted by molar-refractivity contribution is 14.0. The molecule has 7 heteroatoms. The molecule has 0 bridgehead atoms. The van der Waals surface area contributed by atoms with Crippen LogP contribution in [0.3, 0.4) is 0 Å². The van der Waals surface area contributed by atoms with Gasteiger partial charge in [-0.05, 0) is 31.7 Å². The Labute approximate surface area is 153 Å². The number of hydrogen-bond donors (Lipinski definition) is 2. The molecule has 0 radical (unpaired) electrons. The van der Waals surface area contributed by atoms with Crippen LogP contribution in [0.1, 0.15) is 6.42 Å². The van der Waals surface area contributed by atoms with E-state index in [1.165, 1.54) is 5.57 Å². The normalized spacial score (nSPS) is 15.8.